The van der Waals surface area contributed by atoms with E-state index in [2.05, 4.69) is 16.4 Å². The maximum absolute atomic E-state index is 12.2. The van der Waals surface area contributed by atoms with Crippen LogP contribution in [0.3, 0.4) is 0 Å². The minimum Gasteiger partial charge on any atom is -0.356 e. The summed E-state index contributed by atoms with van der Waals surface area (Å²) in [6, 6.07) is 4.05. The average Bonchev–Trinajstić information content (AvgIpc) is 2.53. The highest BCUT2D eigenvalue weighted by Crippen LogP contribution is 2.11. The molecule has 1 atom stereocenters. The Balaban J connectivity index is 2.08. The van der Waals surface area contributed by atoms with Gasteiger partial charge in [-0.3, -0.25) is 9.59 Å². The molecule has 0 saturated heterocycles. The summed E-state index contributed by atoms with van der Waals surface area (Å²) < 4.78 is 0. The fourth-order valence-electron chi connectivity index (χ4n) is 3.00. The predicted molar refractivity (Wildman–Crippen MR) is 91.4 cm³/mol. The number of rotatable bonds is 6. The summed E-state index contributed by atoms with van der Waals surface area (Å²) in [5.41, 5.74) is 2.16. The lowest BCUT2D eigenvalue weighted by Crippen LogP contribution is -2.38. The molecule has 0 bridgehead atoms. The van der Waals surface area contributed by atoms with Gasteiger partial charge in [-0.05, 0) is 44.2 Å². The van der Waals surface area contributed by atoms with E-state index in [0.29, 0.717) is 13.0 Å². The van der Waals surface area contributed by atoms with Gasteiger partial charge in [-0.2, -0.15) is 0 Å². The van der Waals surface area contributed by atoms with E-state index in [1.807, 2.05) is 39.8 Å². The first-order valence-electron chi connectivity index (χ1n) is 8.46. The molecule has 1 aliphatic rings. The minimum absolute atomic E-state index is 0.0661. The number of fused-ring (bicyclic) bond motifs is 1. The Hall–Kier alpha value is -1.97. The Morgan fingerprint density at radius 2 is 1.87 bits per heavy atom. The molecule has 1 aliphatic heterocycles. The molecule has 2 rings (SSSR count). The van der Waals surface area contributed by atoms with Crippen LogP contribution in [0.4, 0.5) is 0 Å². The highest BCUT2D eigenvalue weighted by molar-refractivity contribution is 5.86. The number of carbonyl (C=O) groups is 2. The van der Waals surface area contributed by atoms with Crippen LogP contribution in [0.2, 0.25) is 0 Å². The molecule has 1 aromatic rings. The van der Waals surface area contributed by atoms with Crippen molar-refractivity contribution in [1.82, 2.24) is 5.32 Å². The van der Waals surface area contributed by atoms with Gasteiger partial charge in [0.05, 0.1) is 11.3 Å². The summed E-state index contributed by atoms with van der Waals surface area (Å²) in [5.74, 6) is -0.202. The van der Waals surface area contributed by atoms with Crippen LogP contribution in [0.15, 0.2) is 17.1 Å². The zero-order chi connectivity index (χ0) is 17.0. The molecule has 0 radical (unpaired) electrons. The first-order chi connectivity index (χ1) is 11.0. The zero-order valence-electron chi connectivity index (χ0n) is 14.5. The Kier molecular flexibility index (Phi) is 5.69. The predicted octanol–water partition coefficient (Wildman–Crippen LogP) is 1.80. The van der Waals surface area contributed by atoms with Crippen LogP contribution < -0.4 is 15.9 Å². The van der Waals surface area contributed by atoms with Gasteiger partial charge in [-0.15, -0.1) is 0 Å². The summed E-state index contributed by atoms with van der Waals surface area (Å²) in [4.78, 5) is 28.5. The lowest BCUT2D eigenvalue weighted by atomic mass is 9.96. The Morgan fingerprint density at radius 1 is 1.22 bits per heavy atom. The third-order valence-electron chi connectivity index (χ3n) is 4.65. The lowest BCUT2D eigenvalue weighted by Gasteiger charge is -2.16. The van der Waals surface area contributed by atoms with Crippen molar-refractivity contribution in [3.8, 4) is 0 Å². The molecular formula is C19H26N2O2. The van der Waals surface area contributed by atoms with Crippen LogP contribution in [-0.4, -0.2) is 18.4 Å². The summed E-state index contributed by atoms with van der Waals surface area (Å²) in [6.07, 6.45) is 4.30. The van der Waals surface area contributed by atoms with E-state index in [1.165, 1.54) is 0 Å². The van der Waals surface area contributed by atoms with Crippen LogP contribution in [0.25, 0.3) is 6.08 Å². The van der Waals surface area contributed by atoms with Gasteiger partial charge in [0.1, 0.15) is 0 Å². The van der Waals surface area contributed by atoms with Crippen molar-refractivity contribution in [2.24, 2.45) is 16.8 Å². The van der Waals surface area contributed by atoms with E-state index in [4.69, 9.17) is 0 Å². The Labute approximate surface area is 137 Å². The highest BCUT2D eigenvalue weighted by atomic mass is 16.2. The smallest absolute Gasteiger partial charge is 0.253 e. The van der Waals surface area contributed by atoms with Gasteiger partial charge >= 0.3 is 0 Å². The normalized spacial score (nSPS) is 16.6. The molecule has 2 amide bonds. The van der Waals surface area contributed by atoms with Crippen molar-refractivity contribution in [2.75, 3.05) is 6.54 Å². The molecular weight excluding hydrogens is 288 g/mol. The molecule has 0 aliphatic carbocycles. The van der Waals surface area contributed by atoms with Crippen LogP contribution in [0.1, 0.15) is 44.2 Å². The quantitative estimate of drug-likeness (QED) is 0.870. The van der Waals surface area contributed by atoms with Gasteiger partial charge in [0.25, 0.3) is 5.91 Å². The molecule has 0 aromatic heterocycles. The zero-order valence-corrected chi connectivity index (χ0v) is 14.5. The molecule has 23 heavy (non-hydrogen) atoms. The van der Waals surface area contributed by atoms with E-state index in [9.17, 15) is 9.59 Å². The minimum atomic E-state index is -0.245. The summed E-state index contributed by atoms with van der Waals surface area (Å²) in [5, 5.41) is 4.80. The fraction of sp³-hybridized carbons (Fsp3) is 0.526. The number of hydrogen-bond donors (Lipinski definition) is 1. The van der Waals surface area contributed by atoms with Crippen LogP contribution in [0, 0.1) is 25.7 Å². The highest BCUT2D eigenvalue weighted by Gasteiger charge is 2.20. The SMILES string of the molecule is CCC(CC)C(=O)NCCC1C=c2c(C)ccc(C)c2=NC1=O. The van der Waals surface area contributed by atoms with E-state index in [-0.39, 0.29) is 23.7 Å². The van der Waals surface area contributed by atoms with Crippen molar-refractivity contribution in [3.63, 3.8) is 0 Å². The number of nitrogens with zero attached hydrogens (tertiary/aromatic N) is 1. The number of nitrogens with one attached hydrogen (secondary N) is 1. The lowest BCUT2D eigenvalue weighted by molar-refractivity contribution is -0.125. The van der Waals surface area contributed by atoms with Gasteiger partial charge in [0.2, 0.25) is 5.91 Å². The van der Waals surface area contributed by atoms with Gasteiger partial charge in [-0.1, -0.05) is 32.1 Å². The Bertz CT molecular complexity index is 718. The molecule has 124 valence electrons. The van der Waals surface area contributed by atoms with Gasteiger partial charge in [-0.25, -0.2) is 4.99 Å². The molecule has 1 unspecified atom stereocenters. The third-order valence-corrected chi connectivity index (χ3v) is 4.65. The number of carbonyl (C=O) groups excluding carboxylic acids is 2. The first-order valence-corrected chi connectivity index (χ1v) is 8.46. The molecule has 1 aromatic carbocycles. The maximum Gasteiger partial charge on any atom is 0.253 e. The van der Waals surface area contributed by atoms with Crippen LogP contribution in [0.5, 0.6) is 0 Å². The molecule has 4 heteroatoms. The monoisotopic (exact) mass is 314 g/mol. The number of hydrogen-bond acceptors (Lipinski definition) is 2. The van der Waals surface area contributed by atoms with Gasteiger partial charge < -0.3 is 5.32 Å². The molecule has 1 heterocycles. The summed E-state index contributed by atoms with van der Waals surface area (Å²) in [6.45, 7) is 8.56. The number of benzene rings is 1. The number of amides is 2. The van der Waals surface area contributed by atoms with Crippen molar-refractivity contribution in [3.05, 3.63) is 33.8 Å². The molecule has 0 fully saturated rings. The second-order valence-corrected chi connectivity index (χ2v) is 6.28. The molecule has 4 nitrogen and oxygen atoms in total. The van der Waals surface area contributed by atoms with Gasteiger partial charge in [0.15, 0.2) is 0 Å². The maximum atomic E-state index is 12.2. The summed E-state index contributed by atoms with van der Waals surface area (Å²) >= 11 is 0. The van der Waals surface area contributed by atoms with Crippen molar-refractivity contribution in [2.45, 2.75) is 47.0 Å². The van der Waals surface area contributed by atoms with E-state index < -0.39 is 0 Å². The van der Waals surface area contributed by atoms with E-state index in [0.717, 1.165) is 34.5 Å². The van der Waals surface area contributed by atoms with Crippen molar-refractivity contribution >= 4 is 17.9 Å². The first kappa shape index (κ1) is 17.4. The van der Waals surface area contributed by atoms with Gasteiger partial charge in [0, 0.05) is 17.7 Å². The molecule has 1 N–H and O–H groups in total. The Morgan fingerprint density at radius 3 is 2.52 bits per heavy atom. The molecule has 0 saturated carbocycles. The summed E-state index contributed by atoms with van der Waals surface area (Å²) in [7, 11) is 0. The van der Waals surface area contributed by atoms with Crippen molar-refractivity contribution < 1.29 is 9.59 Å². The van der Waals surface area contributed by atoms with Crippen LogP contribution in [-0.2, 0) is 9.59 Å². The fourth-order valence-corrected chi connectivity index (χ4v) is 3.00. The topological polar surface area (TPSA) is 58.5 Å². The van der Waals surface area contributed by atoms with Crippen LogP contribution >= 0.6 is 0 Å². The number of aryl methyl sites for hydroxylation is 2. The van der Waals surface area contributed by atoms with E-state index >= 15 is 0 Å². The van der Waals surface area contributed by atoms with E-state index in [1.54, 1.807) is 0 Å². The largest absolute Gasteiger partial charge is 0.356 e. The second kappa shape index (κ2) is 7.53. The average molecular weight is 314 g/mol. The second-order valence-electron chi connectivity index (χ2n) is 6.28. The third kappa shape index (κ3) is 3.87. The van der Waals surface area contributed by atoms with Crippen molar-refractivity contribution in [1.29, 1.82) is 0 Å². The molecule has 0 spiro atoms. The standard InChI is InChI=1S/C19H26N2O2/c1-5-14(6-2)18(22)20-10-9-15-11-16-12(3)7-8-13(4)17(16)21-19(15)23/h7-8,11,14-15H,5-6,9-10H2,1-4H3,(H,20,22).